The minimum absolute atomic E-state index is 0.134. The van der Waals surface area contributed by atoms with E-state index in [1.165, 1.54) is 24.6 Å². The SMILES string of the molecule is [C-]#[N+]C[C@H]1CN(c2nc(OC[C@@H]3CCCN3C)nc3c2CCN(c2cccc(Cl)c2C)C3)CCN1C(=O)C=C.[C-]#[N+]C[C@H]1CN(c2nc(OC[C@@H]3CCCN3C)nc3c2CCN(c2cccc(Cl)c2Cl)C3)CCN1C(=O)C=C.[C-]#[N+]C[C@H]1CN(c2nc(OC[C@@H]3CCCN3C)nc3c2CCN(c2cccc(Cl)c2OC)C3)CCN1C(=O)C=C. The normalized spacial score (nSPS) is 21.3. The van der Waals surface area contributed by atoms with Crippen LogP contribution in [0.25, 0.3) is 14.5 Å². The van der Waals surface area contributed by atoms with Crippen molar-refractivity contribution in [3.8, 4) is 23.8 Å². The van der Waals surface area contributed by atoms with Gasteiger partial charge >= 0.3 is 18.0 Å². The molecular formula is C86H105Cl4N21O7. The first-order valence-electron chi connectivity index (χ1n) is 40.7. The summed E-state index contributed by atoms with van der Waals surface area (Å²) in [6, 6.07) is 18.9. The minimum atomic E-state index is -0.241. The predicted octanol–water partition coefficient (Wildman–Crippen LogP) is 10.8. The van der Waals surface area contributed by atoms with E-state index in [1.54, 1.807) is 27.9 Å². The Hall–Kier alpha value is -9.96. The topological polar surface area (TPSA) is 217 Å². The van der Waals surface area contributed by atoms with Crippen molar-refractivity contribution in [2.24, 2.45) is 0 Å². The largest absolute Gasteiger partial charge is 0.493 e. The number of rotatable bonds is 22. The van der Waals surface area contributed by atoms with Gasteiger partial charge in [0.2, 0.25) is 37.4 Å². The van der Waals surface area contributed by atoms with Gasteiger partial charge in [-0.3, -0.25) is 14.4 Å². The number of fused-ring (bicyclic) bond motifs is 3. The molecule has 9 aliphatic rings. The van der Waals surface area contributed by atoms with E-state index in [9.17, 15) is 14.4 Å². The molecule has 6 saturated heterocycles. The average Bonchev–Trinajstić information content (AvgIpc) is 1.07. The third-order valence-corrected chi connectivity index (χ3v) is 25.8. The summed E-state index contributed by atoms with van der Waals surface area (Å²) in [6.07, 6.45) is 13.0. The van der Waals surface area contributed by atoms with Crippen LogP contribution < -0.4 is 48.3 Å². The number of likely N-dealkylation sites (N-methyl/N-ethyl adjacent to an activating group) is 3. The fourth-order valence-corrected chi connectivity index (χ4v) is 18.4. The van der Waals surface area contributed by atoms with Crippen LogP contribution in [0, 0.1) is 26.6 Å². The van der Waals surface area contributed by atoms with Crippen LogP contribution in [-0.2, 0) is 53.3 Å². The maximum Gasteiger partial charge on any atom is 0.318 e. The molecule has 0 spiro atoms. The highest BCUT2D eigenvalue weighted by atomic mass is 35.5. The van der Waals surface area contributed by atoms with Crippen LogP contribution in [0.15, 0.2) is 92.6 Å². The number of likely N-dealkylation sites (tertiary alicyclic amines) is 3. The molecule has 12 heterocycles. The van der Waals surface area contributed by atoms with E-state index < -0.39 is 0 Å². The maximum atomic E-state index is 12.5. The van der Waals surface area contributed by atoms with Crippen LogP contribution in [0.2, 0.25) is 20.1 Å². The van der Waals surface area contributed by atoms with E-state index in [0.717, 1.165) is 170 Å². The van der Waals surface area contributed by atoms with Gasteiger partial charge < -0.3 is 92.3 Å². The van der Waals surface area contributed by atoms with Gasteiger partial charge in [-0.15, -0.1) is 0 Å². The summed E-state index contributed by atoms with van der Waals surface area (Å²) in [5, 5.41) is 2.37. The molecule has 3 amide bonds. The zero-order chi connectivity index (χ0) is 83.3. The quantitative estimate of drug-likeness (QED) is 0.0456. The lowest BCUT2D eigenvalue weighted by Crippen LogP contribution is -2.56. The molecule has 6 fully saturated rings. The van der Waals surface area contributed by atoms with Gasteiger partial charge in [0.1, 0.15) is 55.4 Å². The van der Waals surface area contributed by atoms with Crippen molar-refractivity contribution < 1.29 is 33.3 Å². The van der Waals surface area contributed by atoms with E-state index in [2.05, 4.69) is 106 Å². The lowest BCUT2D eigenvalue weighted by atomic mass is 10.0. The molecule has 0 saturated carbocycles. The Kier molecular flexibility index (Phi) is 28.9. The molecule has 0 N–H and O–H groups in total. The minimum Gasteiger partial charge on any atom is -0.493 e. The molecule has 6 aromatic rings. The number of carbonyl (C=O) groups excluding carboxylic acids is 3. The van der Waals surface area contributed by atoms with Crippen molar-refractivity contribution in [2.45, 2.75) is 121 Å². The second-order valence-corrected chi connectivity index (χ2v) is 32.9. The number of nitrogens with zero attached hydrogens (tertiary/aromatic N) is 21. The summed E-state index contributed by atoms with van der Waals surface area (Å²) in [5.74, 6) is 2.74. The molecule has 624 valence electrons. The fourth-order valence-electron chi connectivity index (χ4n) is 17.6. The first-order chi connectivity index (χ1) is 57.2. The fraction of sp³-hybridized carbons (Fsp3) is 0.512. The van der Waals surface area contributed by atoms with Gasteiger partial charge in [-0.2, -0.15) is 29.9 Å². The van der Waals surface area contributed by atoms with E-state index in [1.807, 2.05) is 49.4 Å². The molecular weight excluding hydrogens is 1580 g/mol. The van der Waals surface area contributed by atoms with Gasteiger partial charge in [-0.05, 0) is 166 Å². The van der Waals surface area contributed by atoms with Crippen molar-refractivity contribution in [1.29, 1.82) is 0 Å². The van der Waals surface area contributed by atoms with Crippen LogP contribution >= 0.6 is 46.4 Å². The summed E-state index contributed by atoms with van der Waals surface area (Å²) in [4.78, 5) is 103. The number of halogens is 4. The van der Waals surface area contributed by atoms with Crippen LogP contribution in [0.3, 0.4) is 0 Å². The Morgan fingerprint density at radius 1 is 0.441 bits per heavy atom. The van der Waals surface area contributed by atoms with Gasteiger partial charge in [0.25, 0.3) is 0 Å². The maximum absolute atomic E-state index is 12.5. The molecule has 15 rings (SSSR count). The highest BCUT2D eigenvalue weighted by molar-refractivity contribution is 6.43. The molecule has 6 atom stereocenters. The molecule has 0 aliphatic carbocycles. The Morgan fingerprint density at radius 2 is 0.780 bits per heavy atom. The van der Waals surface area contributed by atoms with Gasteiger partial charge in [0, 0.05) is 124 Å². The molecule has 28 nitrogen and oxygen atoms in total. The predicted molar refractivity (Wildman–Crippen MR) is 463 cm³/mol. The second kappa shape index (κ2) is 39.7. The van der Waals surface area contributed by atoms with Gasteiger partial charge in [0.15, 0.2) is 5.75 Å². The van der Waals surface area contributed by atoms with E-state index in [0.29, 0.717) is 155 Å². The van der Waals surface area contributed by atoms with E-state index in [4.69, 9.17) is 115 Å². The van der Waals surface area contributed by atoms with Crippen LogP contribution in [0.4, 0.5) is 34.5 Å². The number of hydrogen-bond acceptors (Lipinski definition) is 22. The standard InChI is InChI=1S/C29H36ClN7O3.C29H36ClN7O2.C28H33Cl2N7O2/c1-5-26(38)37-15-14-36(17-21(37)16-31-2)28-22-11-13-35(25-10-6-9-23(30)27(25)39-4)18-24(22)32-29(33-28)40-19-20-8-7-12-34(20)3;1-5-27(38)37-15-14-36(17-22(37)16-31-3)28-23-11-13-35(26-10-6-9-24(30)20(26)2)18-25(23)32-29(33-28)39-19-21-8-7-12-34(21)4;1-4-25(38)37-14-13-36(16-20(37)15-31-2)27-21-10-12-35(24-9-5-8-22(29)26(24)30)17-23(21)32-28(33-27)39-18-19-7-6-11-34(19)3/h5-6,9-10,20-21H,1,7-8,11-19H2,3-4H3;5-6,9-10,21-22H,1,7-8,11-19H2,2,4H3;4-5,8-9,19-20H,1,6-7,10-18H2,3H3/t20-,21-;21-,22-;19-,20-/m000/s1. The van der Waals surface area contributed by atoms with Crippen molar-refractivity contribution in [1.82, 2.24) is 59.3 Å². The monoisotopic (exact) mass is 1680 g/mol. The summed E-state index contributed by atoms with van der Waals surface area (Å²) < 4.78 is 24.3. The number of hydrogen-bond donors (Lipinski definition) is 0. The number of benzene rings is 3. The van der Waals surface area contributed by atoms with Crippen LogP contribution in [-0.4, -0.2) is 279 Å². The van der Waals surface area contributed by atoms with Gasteiger partial charge in [-0.25, -0.2) is 19.7 Å². The van der Waals surface area contributed by atoms with E-state index >= 15 is 0 Å². The zero-order valence-corrected chi connectivity index (χ0v) is 71.1. The Balaban J connectivity index is 0.000000153. The number of anilines is 6. The van der Waals surface area contributed by atoms with Crippen LogP contribution in [0.5, 0.6) is 23.8 Å². The first kappa shape index (κ1) is 85.9. The summed E-state index contributed by atoms with van der Waals surface area (Å²) in [7, 11) is 8.00. The number of methoxy groups -OCH3 is 1. The molecule has 3 aromatic heterocycles. The number of carbonyl (C=O) groups is 3. The summed E-state index contributed by atoms with van der Waals surface area (Å²) >= 11 is 25.8. The average molecular weight is 1690 g/mol. The van der Waals surface area contributed by atoms with Gasteiger partial charge in [-0.1, -0.05) is 84.3 Å². The highest BCUT2D eigenvalue weighted by Crippen LogP contribution is 2.42. The number of amides is 3. The Morgan fingerprint density at radius 3 is 1.13 bits per heavy atom. The number of aromatic nitrogens is 6. The van der Waals surface area contributed by atoms with Crippen LogP contribution in [0.1, 0.15) is 77.9 Å². The first-order valence-corrected chi connectivity index (χ1v) is 42.2. The number of ether oxygens (including phenoxy) is 4. The molecule has 9 aliphatic heterocycles. The number of piperazine rings is 3. The molecule has 0 radical (unpaired) electrons. The summed E-state index contributed by atoms with van der Waals surface area (Å²) in [6.45, 7) is 49.8. The Labute approximate surface area is 712 Å². The lowest BCUT2D eigenvalue weighted by molar-refractivity contribution is -0.129. The van der Waals surface area contributed by atoms with Crippen molar-refractivity contribution in [2.75, 3.05) is 195 Å². The molecule has 3 aromatic carbocycles. The second-order valence-electron chi connectivity index (χ2n) is 31.3. The lowest BCUT2D eigenvalue weighted by Gasteiger charge is -2.41. The van der Waals surface area contributed by atoms with Crippen molar-refractivity contribution in [3.63, 3.8) is 0 Å². The molecule has 118 heavy (non-hydrogen) atoms. The van der Waals surface area contributed by atoms with Crippen molar-refractivity contribution in [3.05, 3.63) is 186 Å². The molecule has 0 unspecified atom stereocenters. The van der Waals surface area contributed by atoms with E-state index in [-0.39, 0.29) is 55.5 Å². The third-order valence-electron chi connectivity index (χ3n) is 24.3. The van der Waals surface area contributed by atoms with Gasteiger partial charge in [0.05, 0.1) is 70.3 Å². The van der Waals surface area contributed by atoms with Crippen molar-refractivity contribution >= 4 is 98.6 Å². The zero-order valence-electron chi connectivity index (χ0n) is 68.1. The summed E-state index contributed by atoms with van der Waals surface area (Å²) in [5.41, 5.74) is 9.96. The molecule has 32 heteroatoms. The Bertz CT molecular complexity index is 4600. The highest BCUT2D eigenvalue weighted by Gasteiger charge is 2.40. The smallest absolute Gasteiger partial charge is 0.318 e. The third kappa shape index (κ3) is 19.6. The molecule has 0 bridgehead atoms. The number of para-hydroxylation sites is 1.